The molecule has 5 nitrogen and oxygen atoms in total. The number of carbonyl (C=O) groups excluding carboxylic acids is 1. The molecule has 3 rings (SSSR count). The summed E-state index contributed by atoms with van der Waals surface area (Å²) < 4.78 is 0. The van der Waals surface area contributed by atoms with Crippen LogP contribution in [0.1, 0.15) is 25.0 Å². The summed E-state index contributed by atoms with van der Waals surface area (Å²) in [5.74, 6) is -0.116. The largest absolute Gasteiger partial charge is 0.389 e. The molecule has 26 heavy (non-hydrogen) atoms. The van der Waals surface area contributed by atoms with Gasteiger partial charge in [-0.25, -0.2) is 0 Å². The van der Waals surface area contributed by atoms with Crippen molar-refractivity contribution in [1.29, 1.82) is 0 Å². The second-order valence-electron chi connectivity index (χ2n) is 7.44. The molecule has 4 N–H and O–H groups in total. The summed E-state index contributed by atoms with van der Waals surface area (Å²) in [5.41, 5.74) is 7.77. The van der Waals surface area contributed by atoms with Gasteiger partial charge in [0.25, 0.3) is 0 Å². The quantitative estimate of drug-likeness (QED) is 0.738. The van der Waals surface area contributed by atoms with E-state index in [2.05, 4.69) is 5.32 Å². The predicted molar refractivity (Wildman–Crippen MR) is 102 cm³/mol. The monoisotopic (exact) mass is 353 g/mol. The Balaban J connectivity index is 1.71. The molecule has 2 aromatic rings. The van der Waals surface area contributed by atoms with Gasteiger partial charge in [0, 0.05) is 12.6 Å². The Morgan fingerprint density at radius 2 is 1.62 bits per heavy atom. The Kier molecular flexibility index (Phi) is 5.41. The molecule has 1 aliphatic heterocycles. The molecule has 0 spiro atoms. The number of aliphatic hydroxyl groups excluding tert-OH is 1. The highest BCUT2D eigenvalue weighted by molar-refractivity contribution is 5.85. The Morgan fingerprint density at radius 3 is 2.19 bits per heavy atom. The zero-order valence-corrected chi connectivity index (χ0v) is 15.3. The summed E-state index contributed by atoms with van der Waals surface area (Å²) in [6.45, 7) is 4.39. The van der Waals surface area contributed by atoms with Crippen molar-refractivity contribution in [2.24, 2.45) is 5.73 Å². The van der Waals surface area contributed by atoms with Gasteiger partial charge in [0.1, 0.15) is 6.04 Å². The highest BCUT2D eigenvalue weighted by atomic mass is 16.3. The van der Waals surface area contributed by atoms with Crippen molar-refractivity contribution in [3.8, 4) is 0 Å². The summed E-state index contributed by atoms with van der Waals surface area (Å²) in [6, 6.07) is 18.4. The van der Waals surface area contributed by atoms with E-state index in [1.54, 1.807) is 4.90 Å². The molecule has 0 radical (unpaired) electrons. The molecule has 5 heteroatoms. The number of carbonyl (C=O) groups is 1. The summed E-state index contributed by atoms with van der Waals surface area (Å²) in [5, 5.41) is 14.0. The third-order valence-corrected chi connectivity index (χ3v) is 4.99. The SMILES string of the molecule is CC1(C)NC(C(O)C(N)Cc2ccccc2)C(=O)N1Cc1ccccc1. The molecule has 1 fully saturated rings. The van der Waals surface area contributed by atoms with E-state index >= 15 is 0 Å². The first-order valence-electron chi connectivity index (χ1n) is 8.99. The molecule has 0 aromatic heterocycles. The van der Waals surface area contributed by atoms with E-state index in [1.165, 1.54) is 0 Å². The van der Waals surface area contributed by atoms with Gasteiger partial charge in [-0.3, -0.25) is 10.1 Å². The topological polar surface area (TPSA) is 78.6 Å². The zero-order chi connectivity index (χ0) is 18.7. The van der Waals surface area contributed by atoms with Crippen LogP contribution in [0, 0.1) is 0 Å². The van der Waals surface area contributed by atoms with Gasteiger partial charge >= 0.3 is 0 Å². The number of hydrogen-bond donors (Lipinski definition) is 3. The molecule has 2 aromatic carbocycles. The summed E-state index contributed by atoms with van der Waals surface area (Å²) in [4.78, 5) is 14.7. The number of benzene rings is 2. The normalized spacial score (nSPS) is 21.6. The van der Waals surface area contributed by atoms with E-state index in [1.807, 2.05) is 74.5 Å². The van der Waals surface area contributed by atoms with Gasteiger partial charge in [-0.05, 0) is 31.4 Å². The van der Waals surface area contributed by atoms with Gasteiger partial charge in [0.2, 0.25) is 5.91 Å². The van der Waals surface area contributed by atoms with Gasteiger partial charge in [-0.2, -0.15) is 0 Å². The molecule has 0 aliphatic carbocycles. The van der Waals surface area contributed by atoms with Gasteiger partial charge in [0.15, 0.2) is 0 Å². The lowest BCUT2D eigenvalue weighted by Crippen LogP contribution is -2.53. The first kappa shape index (κ1) is 18.6. The van der Waals surface area contributed by atoms with Crippen molar-refractivity contribution in [3.05, 3.63) is 71.8 Å². The Labute approximate surface area is 154 Å². The fourth-order valence-corrected chi connectivity index (χ4v) is 3.49. The molecule has 138 valence electrons. The molecule has 1 saturated heterocycles. The first-order chi connectivity index (χ1) is 12.4. The molecular formula is C21H27N3O2. The van der Waals surface area contributed by atoms with Crippen molar-refractivity contribution in [2.45, 2.75) is 50.7 Å². The lowest BCUT2D eigenvalue weighted by atomic mass is 9.97. The Bertz CT molecular complexity index is 733. The van der Waals surface area contributed by atoms with E-state index in [0.29, 0.717) is 13.0 Å². The minimum absolute atomic E-state index is 0.116. The van der Waals surface area contributed by atoms with E-state index in [4.69, 9.17) is 5.73 Å². The van der Waals surface area contributed by atoms with Crippen LogP contribution < -0.4 is 11.1 Å². The smallest absolute Gasteiger partial charge is 0.244 e. The van der Waals surface area contributed by atoms with Crippen LogP contribution in [-0.4, -0.2) is 39.8 Å². The van der Waals surface area contributed by atoms with Crippen LogP contribution in [0.5, 0.6) is 0 Å². The number of hydrogen-bond acceptors (Lipinski definition) is 4. The number of nitrogens with zero attached hydrogens (tertiary/aromatic N) is 1. The highest BCUT2D eigenvalue weighted by Crippen LogP contribution is 2.26. The summed E-state index contributed by atoms with van der Waals surface area (Å²) >= 11 is 0. The van der Waals surface area contributed by atoms with Crippen molar-refractivity contribution in [1.82, 2.24) is 10.2 Å². The Morgan fingerprint density at radius 1 is 1.08 bits per heavy atom. The second kappa shape index (κ2) is 7.58. The third kappa shape index (κ3) is 3.96. The van der Waals surface area contributed by atoms with Crippen molar-refractivity contribution in [2.75, 3.05) is 0 Å². The van der Waals surface area contributed by atoms with Crippen molar-refractivity contribution >= 4 is 5.91 Å². The van der Waals surface area contributed by atoms with Crippen LogP contribution in [0.3, 0.4) is 0 Å². The number of nitrogens with two attached hydrogens (primary N) is 1. The molecule has 1 heterocycles. The van der Waals surface area contributed by atoms with Gasteiger partial charge in [-0.1, -0.05) is 60.7 Å². The van der Waals surface area contributed by atoms with Crippen LogP contribution >= 0.6 is 0 Å². The predicted octanol–water partition coefficient (Wildman–Crippen LogP) is 1.65. The van der Waals surface area contributed by atoms with Gasteiger partial charge < -0.3 is 15.7 Å². The third-order valence-electron chi connectivity index (χ3n) is 4.99. The molecule has 3 atom stereocenters. The Hall–Kier alpha value is -2.21. The fourth-order valence-electron chi connectivity index (χ4n) is 3.49. The molecular weight excluding hydrogens is 326 g/mol. The maximum absolute atomic E-state index is 13.0. The van der Waals surface area contributed by atoms with Crippen molar-refractivity contribution in [3.63, 3.8) is 0 Å². The lowest BCUT2D eigenvalue weighted by molar-refractivity contribution is -0.134. The maximum Gasteiger partial charge on any atom is 0.244 e. The standard InChI is InChI=1S/C21H27N3O2/c1-21(2)23-18(19(25)17(22)13-15-9-5-3-6-10-15)20(26)24(21)14-16-11-7-4-8-12-16/h3-12,17-19,23,25H,13-14,22H2,1-2H3. The molecule has 1 amide bonds. The van der Waals surface area contributed by atoms with Crippen LogP contribution in [0.2, 0.25) is 0 Å². The number of amides is 1. The average molecular weight is 353 g/mol. The minimum atomic E-state index is -0.956. The molecule has 0 saturated carbocycles. The number of aliphatic hydroxyl groups is 1. The van der Waals surface area contributed by atoms with Gasteiger partial charge in [0.05, 0.1) is 11.8 Å². The van der Waals surface area contributed by atoms with Gasteiger partial charge in [-0.15, -0.1) is 0 Å². The lowest BCUT2D eigenvalue weighted by Gasteiger charge is -2.31. The fraction of sp³-hybridized carbons (Fsp3) is 0.381. The van der Waals surface area contributed by atoms with Crippen molar-refractivity contribution < 1.29 is 9.90 Å². The highest BCUT2D eigenvalue weighted by Gasteiger charge is 2.48. The average Bonchev–Trinajstić information content (AvgIpc) is 2.86. The molecule has 3 unspecified atom stereocenters. The zero-order valence-electron chi connectivity index (χ0n) is 15.3. The van der Waals surface area contributed by atoms with E-state index in [-0.39, 0.29) is 5.91 Å². The van der Waals surface area contributed by atoms with Crippen LogP contribution in [0.15, 0.2) is 60.7 Å². The first-order valence-corrected chi connectivity index (χ1v) is 8.99. The minimum Gasteiger partial charge on any atom is -0.389 e. The van der Waals surface area contributed by atoms with Crippen LogP contribution in [-0.2, 0) is 17.8 Å². The van der Waals surface area contributed by atoms with E-state index in [9.17, 15) is 9.90 Å². The number of rotatable bonds is 6. The number of nitrogens with one attached hydrogen (secondary N) is 1. The van der Waals surface area contributed by atoms with Crippen LogP contribution in [0.25, 0.3) is 0 Å². The maximum atomic E-state index is 13.0. The summed E-state index contributed by atoms with van der Waals surface area (Å²) in [6.07, 6.45) is -0.435. The van der Waals surface area contributed by atoms with E-state index in [0.717, 1.165) is 11.1 Å². The second-order valence-corrected chi connectivity index (χ2v) is 7.44. The van der Waals surface area contributed by atoms with E-state index < -0.39 is 23.9 Å². The summed E-state index contributed by atoms with van der Waals surface area (Å²) in [7, 11) is 0. The molecule has 0 bridgehead atoms. The van der Waals surface area contributed by atoms with Crippen LogP contribution in [0.4, 0.5) is 0 Å². The molecule has 1 aliphatic rings.